The SMILES string of the molecule is CN1Cc2ncc(-c3nc(C#N)ccc3-c3cnc(CC4(C)CCCC4)o3)cc2C1=O. The Hall–Kier alpha value is -3.53. The first-order valence-electron chi connectivity index (χ1n) is 10.6. The maximum absolute atomic E-state index is 12.4. The van der Waals surface area contributed by atoms with Crippen molar-refractivity contribution in [1.29, 1.82) is 5.26 Å². The monoisotopic (exact) mass is 413 g/mol. The second kappa shape index (κ2) is 7.31. The van der Waals surface area contributed by atoms with Gasteiger partial charge in [-0.3, -0.25) is 9.78 Å². The van der Waals surface area contributed by atoms with Gasteiger partial charge in [-0.15, -0.1) is 0 Å². The summed E-state index contributed by atoms with van der Waals surface area (Å²) in [4.78, 5) is 27.6. The Balaban J connectivity index is 1.55. The Morgan fingerprint density at radius 3 is 2.77 bits per heavy atom. The number of rotatable bonds is 4. The summed E-state index contributed by atoms with van der Waals surface area (Å²) in [6, 6.07) is 7.38. The summed E-state index contributed by atoms with van der Waals surface area (Å²) < 4.78 is 6.13. The summed E-state index contributed by atoms with van der Waals surface area (Å²) in [6.07, 6.45) is 9.14. The number of pyridine rings is 2. The van der Waals surface area contributed by atoms with Crippen LogP contribution in [0.3, 0.4) is 0 Å². The van der Waals surface area contributed by atoms with Crippen LogP contribution in [-0.2, 0) is 13.0 Å². The van der Waals surface area contributed by atoms with Crippen molar-refractivity contribution in [3.8, 4) is 28.7 Å². The van der Waals surface area contributed by atoms with Gasteiger partial charge in [0.1, 0.15) is 11.8 Å². The molecule has 0 radical (unpaired) electrons. The third kappa shape index (κ3) is 3.48. The third-order valence-electron chi connectivity index (χ3n) is 6.43. The highest BCUT2D eigenvalue weighted by Crippen LogP contribution is 2.41. The molecule has 0 N–H and O–H groups in total. The Bertz CT molecular complexity index is 1220. The van der Waals surface area contributed by atoms with Gasteiger partial charge in [0.05, 0.1) is 29.7 Å². The fourth-order valence-electron chi connectivity index (χ4n) is 4.66. The second-order valence-corrected chi connectivity index (χ2v) is 8.90. The van der Waals surface area contributed by atoms with Gasteiger partial charge in [0.2, 0.25) is 0 Å². The molecule has 0 aromatic carbocycles. The smallest absolute Gasteiger partial charge is 0.255 e. The van der Waals surface area contributed by atoms with Gasteiger partial charge in [0.15, 0.2) is 11.7 Å². The van der Waals surface area contributed by atoms with E-state index in [2.05, 4.69) is 27.9 Å². The number of aromatic nitrogens is 3. The number of nitrogens with zero attached hydrogens (tertiary/aromatic N) is 5. The van der Waals surface area contributed by atoms with Gasteiger partial charge in [-0.2, -0.15) is 5.26 Å². The summed E-state index contributed by atoms with van der Waals surface area (Å²) in [6.45, 7) is 2.79. The van der Waals surface area contributed by atoms with Crippen LogP contribution in [0.15, 0.2) is 35.0 Å². The highest BCUT2D eigenvalue weighted by Gasteiger charge is 2.31. The molecule has 1 fully saturated rings. The number of carbonyl (C=O) groups is 1. The van der Waals surface area contributed by atoms with Gasteiger partial charge in [0, 0.05) is 30.8 Å². The van der Waals surface area contributed by atoms with E-state index >= 15 is 0 Å². The van der Waals surface area contributed by atoms with Crippen molar-refractivity contribution in [1.82, 2.24) is 19.9 Å². The predicted molar refractivity (Wildman–Crippen MR) is 114 cm³/mol. The van der Waals surface area contributed by atoms with E-state index in [1.54, 1.807) is 36.5 Å². The molecular weight excluding hydrogens is 390 g/mol. The molecule has 1 aliphatic carbocycles. The van der Waals surface area contributed by atoms with Crippen molar-refractivity contribution in [2.24, 2.45) is 5.41 Å². The fraction of sp³-hybridized carbons (Fsp3) is 0.375. The van der Waals surface area contributed by atoms with E-state index in [4.69, 9.17) is 4.42 Å². The minimum absolute atomic E-state index is 0.0610. The summed E-state index contributed by atoms with van der Waals surface area (Å²) in [5.74, 6) is 1.26. The van der Waals surface area contributed by atoms with Gasteiger partial charge >= 0.3 is 0 Å². The van der Waals surface area contributed by atoms with Crippen molar-refractivity contribution in [2.45, 2.75) is 45.6 Å². The van der Waals surface area contributed by atoms with Gasteiger partial charge < -0.3 is 9.32 Å². The van der Waals surface area contributed by atoms with E-state index in [0.717, 1.165) is 23.6 Å². The molecule has 1 saturated carbocycles. The number of oxazole rings is 1. The Morgan fingerprint density at radius 2 is 2.00 bits per heavy atom. The van der Waals surface area contributed by atoms with E-state index in [9.17, 15) is 10.1 Å². The van der Waals surface area contributed by atoms with Crippen molar-refractivity contribution in [2.75, 3.05) is 7.05 Å². The highest BCUT2D eigenvalue weighted by molar-refractivity contribution is 5.99. The van der Waals surface area contributed by atoms with Gasteiger partial charge in [-0.05, 0) is 36.5 Å². The van der Waals surface area contributed by atoms with Crippen molar-refractivity contribution in [3.05, 3.63) is 53.4 Å². The molecule has 7 nitrogen and oxygen atoms in total. The number of fused-ring (bicyclic) bond motifs is 1. The zero-order chi connectivity index (χ0) is 21.6. The molecule has 1 aliphatic heterocycles. The van der Waals surface area contributed by atoms with Crippen LogP contribution >= 0.6 is 0 Å². The summed E-state index contributed by atoms with van der Waals surface area (Å²) in [5.41, 5.74) is 3.82. The lowest BCUT2D eigenvalue weighted by molar-refractivity contribution is 0.0816. The second-order valence-electron chi connectivity index (χ2n) is 8.90. The van der Waals surface area contributed by atoms with E-state index < -0.39 is 0 Å². The molecule has 1 amide bonds. The molecule has 3 aromatic rings. The van der Waals surface area contributed by atoms with E-state index in [-0.39, 0.29) is 11.3 Å². The van der Waals surface area contributed by atoms with Crippen LogP contribution in [0.1, 0.15) is 60.2 Å². The quantitative estimate of drug-likeness (QED) is 0.630. The minimum Gasteiger partial charge on any atom is -0.441 e. The largest absolute Gasteiger partial charge is 0.441 e. The molecular formula is C24H23N5O2. The van der Waals surface area contributed by atoms with Crippen LogP contribution in [0.5, 0.6) is 0 Å². The van der Waals surface area contributed by atoms with Gasteiger partial charge in [0.25, 0.3) is 5.91 Å². The van der Waals surface area contributed by atoms with E-state index in [1.807, 2.05) is 6.07 Å². The zero-order valence-electron chi connectivity index (χ0n) is 17.7. The number of hydrogen-bond acceptors (Lipinski definition) is 6. The maximum Gasteiger partial charge on any atom is 0.255 e. The van der Waals surface area contributed by atoms with Crippen LogP contribution in [-0.4, -0.2) is 32.8 Å². The van der Waals surface area contributed by atoms with Crippen LogP contribution in [0.4, 0.5) is 0 Å². The lowest BCUT2D eigenvalue weighted by atomic mass is 9.85. The van der Waals surface area contributed by atoms with Gasteiger partial charge in [-0.1, -0.05) is 19.8 Å². The molecule has 0 unspecified atom stereocenters. The van der Waals surface area contributed by atoms with Crippen molar-refractivity contribution >= 4 is 5.91 Å². The van der Waals surface area contributed by atoms with Crippen molar-refractivity contribution in [3.63, 3.8) is 0 Å². The molecule has 4 heterocycles. The maximum atomic E-state index is 12.4. The number of amides is 1. The molecule has 5 rings (SSSR count). The average molecular weight is 413 g/mol. The fourth-order valence-corrected chi connectivity index (χ4v) is 4.66. The predicted octanol–water partition coefficient (Wildman–Crippen LogP) is 4.38. The average Bonchev–Trinajstić information content (AvgIpc) is 3.48. The molecule has 0 spiro atoms. The summed E-state index contributed by atoms with van der Waals surface area (Å²) in [7, 11) is 1.75. The molecule has 2 aliphatic rings. The van der Waals surface area contributed by atoms with Crippen LogP contribution in [0.25, 0.3) is 22.6 Å². The molecule has 0 atom stereocenters. The zero-order valence-corrected chi connectivity index (χ0v) is 17.7. The molecule has 0 bridgehead atoms. The summed E-state index contributed by atoms with van der Waals surface area (Å²) in [5, 5.41) is 9.37. The standard InChI is InChI=1S/C24H23N5O2/c1-24(7-3-4-8-24)10-21-27-13-20(31-21)17-6-5-16(11-25)28-22(17)15-9-18-19(26-12-15)14-29(2)23(18)30/h5-6,9,12-13H,3-4,7-8,10,14H2,1-2H3. The van der Waals surface area contributed by atoms with Crippen LogP contribution in [0.2, 0.25) is 0 Å². The van der Waals surface area contributed by atoms with Crippen molar-refractivity contribution < 1.29 is 9.21 Å². The summed E-state index contributed by atoms with van der Waals surface area (Å²) >= 11 is 0. The number of nitriles is 1. The van der Waals surface area contributed by atoms with Gasteiger partial charge in [-0.25, -0.2) is 9.97 Å². The first kappa shape index (κ1) is 19.4. The normalized spacial score (nSPS) is 17.1. The lowest BCUT2D eigenvalue weighted by Crippen LogP contribution is -2.17. The Labute approximate surface area is 180 Å². The van der Waals surface area contributed by atoms with Crippen LogP contribution in [0, 0.1) is 16.7 Å². The topological polar surface area (TPSA) is 95.9 Å². The molecule has 7 heteroatoms. The molecule has 3 aromatic heterocycles. The number of carbonyl (C=O) groups excluding carboxylic acids is 1. The molecule has 0 saturated heterocycles. The highest BCUT2D eigenvalue weighted by atomic mass is 16.4. The first-order valence-corrected chi connectivity index (χ1v) is 10.6. The molecule has 156 valence electrons. The Kier molecular flexibility index (Phi) is 4.58. The lowest BCUT2D eigenvalue weighted by Gasteiger charge is -2.20. The first-order chi connectivity index (χ1) is 15.0. The van der Waals surface area contributed by atoms with E-state index in [0.29, 0.717) is 34.8 Å². The van der Waals surface area contributed by atoms with Crippen LogP contribution < -0.4 is 0 Å². The number of hydrogen-bond donors (Lipinski definition) is 0. The Morgan fingerprint density at radius 1 is 1.19 bits per heavy atom. The van der Waals surface area contributed by atoms with E-state index in [1.165, 1.54) is 25.7 Å². The third-order valence-corrected chi connectivity index (χ3v) is 6.43. The minimum atomic E-state index is -0.0610. The molecule has 31 heavy (non-hydrogen) atoms.